The first-order valence-corrected chi connectivity index (χ1v) is 13.8. The zero-order chi connectivity index (χ0) is 26.6. The summed E-state index contributed by atoms with van der Waals surface area (Å²) in [6.45, 7) is 0. The number of nitrogens with zero attached hydrogens (tertiary/aromatic N) is 1. The number of anilines is 2. The summed E-state index contributed by atoms with van der Waals surface area (Å²) < 4.78 is 7.50. The Hall–Kier alpha value is -5.08. The molecule has 2 nitrogen and oxygen atoms in total. The molecule has 0 fully saturated rings. The van der Waals surface area contributed by atoms with E-state index in [2.05, 4.69) is 169 Å². The van der Waals surface area contributed by atoms with Crippen LogP contribution in [0.5, 0.6) is 5.75 Å². The highest BCUT2D eigenvalue weighted by molar-refractivity contribution is 5.95. The number of ether oxygens (including phenoxy) is 1. The Balaban J connectivity index is 1.52. The van der Waals surface area contributed by atoms with Crippen molar-refractivity contribution in [3.63, 3.8) is 0 Å². The lowest BCUT2D eigenvalue weighted by atomic mass is 9.63. The fourth-order valence-corrected chi connectivity index (χ4v) is 6.96. The van der Waals surface area contributed by atoms with Crippen molar-refractivity contribution in [2.75, 3.05) is 4.90 Å². The molecule has 2 aliphatic rings. The molecule has 0 N–H and O–H groups in total. The van der Waals surface area contributed by atoms with Crippen molar-refractivity contribution in [3.8, 4) is 5.75 Å². The second-order valence-electron chi connectivity index (χ2n) is 10.5. The molecule has 0 amide bonds. The molecule has 2 heterocycles. The SMILES string of the molecule is C1=CC2(Oc3ccc4ccccc4c31)N(c1ccccc1)c1ccccc1C2(c1ccccc1)c1ccccc1. The Bertz CT molecular complexity index is 1840. The van der Waals surface area contributed by atoms with Gasteiger partial charge in [-0.05, 0) is 63.9 Å². The van der Waals surface area contributed by atoms with E-state index >= 15 is 0 Å². The van der Waals surface area contributed by atoms with Crippen LogP contribution < -0.4 is 9.64 Å². The molecule has 2 heteroatoms. The van der Waals surface area contributed by atoms with Gasteiger partial charge in [-0.25, -0.2) is 0 Å². The minimum atomic E-state index is -0.920. The predicted molar refractivity (Wildman–Crippen MR) is 164 cm³/mol. The third-order valence-electron chi connectivity index (χ3n) is 8.52. The largest absolute Gasteiger partial charge is 0.462 e. The molecule has 0 saturated heterocycles. The van der Waals surface area contributed by atoms with Crippen molar-refractivity contribution >= 4 is 28.2 Å². The summed E-state index contributed by atoms with van der Waals surface area (Å²) in [4.78, 5) is 2.40. The van der Waals surface area contributed by atoms with Gasteiger partial charge in [-0.3, -0.25) is 4.90 Å². The lowest BCUT2D eigenvalue weighted by Gasteiger charge is -2.50. The second-order valence-corrected chi connectivity index (χ2v) is 10.5. The van der Waals surface area contributed by atoms with Crippen molar-refractivity contribution in [1.29, 1.82) is 0 Å². The van der Waals surface area contributed by atoms with Gasteiger partial charge in [0.05, 0.1) is 0 Å². The molecule has 190 valence electrons. The van der Waals surface area contributed by atoms with E-state index in [0.29, 0.717) is 0 Å². The smallest absolute Gasteiger partial charge is 0.224 e. The third-order valence-corrected chi connectivity index (χ3v) is 8.52. The number of hydrogen-bond acceptors (Lipinski definition) is 2. The monoisotopic (exact) mass is 513 g/mol. The standard InChI is InChI=1S/C38H27NO/c1-4-15-29(16-5-1)38(30-17-6-2-7-18-30)34-22-12-13-23-35(34)39(31-19-8-3-9-20-31)37(38)27-26-33-32-21-11-10-14-28(32)24-25-36(33)40-37/h1-27H. The van der Waals surface area contributed by atoms with E-state index in [-0.39, 0.29) is 0 Å². The van der Waals surface area contributed by atoms with Crippen LogP contribution in [0.25, 0.3) is 16.8 Å². The van der Waals surface area contributed by atoms with Crippen LogP contribution >= 0.6 is 0 Å². The highest BCUT2D eigenvalue weighted by Crippen LogP contribution is 2.63. The summed E-state index contributed by atoms with van der Waals surface area (Å²) >= 11 is 0. The van der Waals surface area contributed by atoms with E-state index in [1.807, 2.05) is 0 Å². The van der Waals surface area contributed by atoms with Crippen LogP contribution in [-0.2, 0) is 5.41 Å². The number of para-hydroxylation sites is 2. The summed E-state index contributed by atoms with van der Waals surface area (Å²) in [7, 11) is 0. The van der Waals surface area contributed by atoms with Crippen molar-refractivity contribution < 1.29 is 4.74 Å². The molecule has 1 atom stereocenters. The van der Waals surface area contributed by atoms with E-state index < -0.39 is 11.1 Å². The van der Waals surface area contributed by atoms with Crippen LogP contribution in [0.2, 0.25) is 0 Å². The molecule has 0 bridgehead atoms. The number of hydrogen-bond donors (Lipinski definition) is 0. The van der Waals surface area contributed by atoms with Gasteiger partial charge >= 0.3 is 0 Å². The van der Waals surface area contributed by atoms with Crippen LogP contribution in [-0.4, -0.2) is 5.72 Å². The highest BCUT2D eigenvalue weighted by Gasteiger charge is 2.66. The van der Waals surface area contributed by atoms with Gasteiger partial charge in [0.2, 0.25) is 5.72 Å². The van der Waals surface area contributed by atoms with Crippen molar-refractivity contribution in [2.45, 2.75) is 11.1 Å². The summed E-state index contributed by atoms with van der Waals surface area (Å²) in [6.07, 6.45) is 4.58. The lowest BCUT2D eigenvalue weighted by Crippen LogP contribution is -2.61. The average Bonchev–Trinajstić information content (AvgIpc) is 3.28. The molecule has 6 aromatic carbocycles. The van der Waals surface area contributed by atoms with E-state index in [9.17, 15) is 0 Å². The van der Waals surface area contributed by atoms with Gasteiger partial charge < -0.3 is 4.74 Å². The number of benzene rings is 6. The van der Waals surface area contributed by atoms with Gasteiger partial charge in [-0.15, -0.1) is 0 Å². The molecule has 1 unspecified atom stereocenters. The molecule has 2 aliphatic heterocycles. The average molecular weight is 514 g/mol. The normalized spacial score (nSPS) is 18.4. The predicted octanol–water partition coefficient (Wildman–Crippen LogP) is 9.13. The Kier molecular flexibility index (Phi) is 4.99. The number of rotatable bonds is 3. The fourth-order valence-electron chi connectivity index (χ4n) is 6.96. The molecular weight excluding hydrogens is 486 g/mol. The van der Waals surface area contributed by atoms with Gasteiger partial charge in [-0.2, -0.15) is 0 Å². The first-order valence-electron chi connectivity index (χ1n) is 13.8. The minimum absolute atomic E-state index is 0.665. The zero-order valence-corrected chi connectivity index (χ0v) is 21.9. The summed E-state index contributed by atoms with van der Waals surface area (Å²) in [5.74, 6) is 0.881. The van der Waals surface area contributed by atoms with E-state index in [0.717, 1.165) is 22.7 Å². The van der Waals surface area contributed by atoms with Crippen molar-refractivity contribution in [1.82, 2.24) is 0 Å². The maximum atomic E-state index is 7.50. The number of fused-ring (bicyclic) bond motifs is 4. The molecule has 0 aliphatic carbocycles. The Morgan fingerprint density at radius 3 is 1.85 bits per heavy atom. The molecule has 0 aromatic heterocycles. The quantitative estimate of drug-likeness (QED) is 0.234. The summed E-state index contributed by atoms with van der Waals surface area (Å²) in [5, 5.41) is 2.40. The molecule has 1 spiro atoms. The second kappa shape index (κ2) is 8.72. The van der Waals surface area contributed by atoms with Crippen LogP contribution in [0.15, 0.2) is 158 Å². The van der Waals surface area contributed by atoms with E-state index in [4.69, 9.17) is 4.74 Å². The van der Waals surface area contributed by atoms with Gasteiger partial charge in [-0.1, -0.05) is 127 Å². The Morgan fingerprint density at radius 2 is 1.12 bits per heavy atom. The molecular formula is C38H27NO. The lowest BCUT2D eigenvalue weighted by molar-refractivity contribution is 0.0829. The van der Waals surface area contributed by atoms with Crippen molar-refractivity contribution in [2.24, 2.45) is 0 Å². The molecule has 8 rings (SSSR count). The summed E-state index contributed by atoms with van der Waals surface area (Å²) in [6, 6.07) is 53.9. The van der Waals surface area contributed by atoms with Gasteiger partial charge in [0.1, 0.15) is 11.2 Å². The van der Waals surface area contributed by atoms with E-state index in [1.54, 1.807) is 0 Å². The van der Waals surface area contributed by atoms with Gasteiger partial charge in [0.15, 0.2) is 0 Å². The fraction of sp³-hybridized carbons (Fsp3) is 0.0526. The van der Waals surface area contributed by atoms with Crippen LogP contribution in [0.1, 0.15) is 22.3 Å². The zero-order valence-electron chi connectivity index (χ0n) is 21.9. The minimum Gasteiger partial charge on any atom is -0.462 e. The topological polar surface area (TPSA) is 12.5 Å². The third kappa shape index (κ3) is 2.99. The van der Waals surface area contributed by atoms with Gasteiger partial charge in [0.25, 0.3) is 0 Å². The molecule has 6 aromatic rings. The first-order chi connectivity index (χ1) is 19.8. The van der Waals surface area contributed by atoms with Crippen molar-refractivity contribution in [3.05, 3.63) is 180 Å². The Morgan fingerprint density at radius 1 is 0.525 bits per heavy atom. The molecule has 0 radical (unpaired) electrons. The maximum Gasteiger partial charge on any atom is 0.224 e. The maximum absolute atomic E-state index is 7.50. The van der Waals surface area contributed by atoms with Crippen LogP contribution in [0.3, 0.4) is 0 Å². The van der Waals surface area contributed by atoms with E-state index in [1.165, 1.54) is 27.5 Å². The van der Waals surface area contributed by atoms with Gasteiger partial charge in [0, 0.05) is 16.9 Å². The summed E-state index contributed by atoms with van der Waals surface area (Å²) in [5.41, 5.74) is 5.32. The molecule has 40 heavy (non-hydrogen) atoms. The first kappa shape index (κ1) is 22.9. The molecule has 0 saturated carbocycles. The Labute approximate surface area is 234 Å². The van der Waals surface area contributed by atoms with Crippen LogP contribution in [0, 0.1) is 0 Å². The highest BCUT2D eigenvalue weighted by atomic mass is 16.5. The van der Waals surface area contributed by atoms with Crippen LogP contribution in [0.4, 0.5) is 11.4 Å².